The summed E-state index contributed by atoms with van der Waals surface area (Å²) in [5, 5.41) is 4.09. The Morgan fingerprint density at radius 1 is 1.03 bits per heavy atom. The van der Waals surface area contributed by atoms with E-state index in [0.29, 0.717) is 17.3 Å². The lowest BCUT2D eigenvalue weighted by Crippen LogP contribution is -1.99. The van der Waals surface area contributed by atoms with Crippen LogP contribution in [0.2, 0.25) is 0 Å². The molecule has 0 spiro atoms. The molecule has 0 aliphatic carbocycles. The fourth-order valence-electron chi connectivity index (χ4n) is 3.17. The maximum atomic E-state index is 14.7. The predicted molar refractivity (Wildman–Crippen MR) is 118 cm³/mol. The zero-order valence-electron chi connectivity index (χ0n) is 16.7. The summed E-state index contributed by atoms with van der Waals surface area (Å²) < 4.78 is 20.1. The van der Waals surface area contributed by atoms with Crippen molar-refractivity contribution in [3.63, 3.8) is 0 Å². The lowest BCUT2D eigenvalue weighted by atomic mass is 9.97. The topological polar surface area (TPSA) is 51.8 Å². The van der Waals surface area contributed by atoms with E-state index in [1.54, 1.807) is 18.5 Å². The Kier molecular flexibility index (Phi) is 6.54. The van der Waals surface area contributed by atoms with Gasteiger partial charge in [0.2, 0.25) is 5.89 Å². The van der Waals surface area contributed by atoms with E-state index in [-0.39, 0.29) is 11.7 Å². The highest BCUT2D eigenvalue weighted by Gasteiger charge is 2.18. The lowest BCUT2D eigenvalue weighted by molar-refractivity contribution is 0.365. The SMILES string of the molecule is CC(c1ccc(-c2ccccc2)c(F)c1)c1nc(CCSCc2ccncc2)no1. The minimum absolute atomic E-state index is 0.171. The second-order valence-corrected chi connectivity index (χ2v) is 8.14. The molecule has 0 aliphatic heterocycles. The van der Waals surface area contributed by atoms with Crippen molar-refractivity contribution in [3.05, 3.63) is 102 Å². The van der Waals surface area contributed by atoms with E-state index in [2.05, 4.69) is 15.1 Å². The first-order chi connectivity index (χ1) is 14.7. The summed E-state index contributed by atoms with van der Waals surface area (Å²) in [4.78, 5) is 8.54. The van der Waals surface area contributed by atoms with Gasteiger partial charge in [0.1, 0.15) is 5.82 Å². The van der Waals surface area contributed by atoms with E-state index in [9.17, 15) is 4.39 Å². The molecule has 1 atom stereocenters. The van der Waals surface area contributed by atoms with Crippen LogP contribution in [-0.2, 0) is 12.2 Å². The molecule has 0 bridgehead atoms. The van der Waals surface area contributed by atoms with Gasteiger partial charge in [-0.3, -0.25) is 4.98 Å². The van der Waals surface area contributed by atoms with E-state index in [0.717, 1.165) is 29.1 Å². The van der Waals surface area contributed by atoms with Gasteiger partial charge in [0.15, 0.2) is 5.82 Å². The molecular weight excluding hydrogens is 397 g/mol. The number of pyridine rings is 1. The fourth-order valence-corrected chi connectivity index (χ4v) is 4.07. The maximum absolute atomic E-state index is 14.7. The third-order valence-electron chi connectivity index (χ3n) is 4.92. The average Bonchev–Trinajstić information content (AvgIpc) is 3.26. The van der Waals surface area contributed by atoms with Crippen molar-refractivity contribution in [2.24, 2.45) is 0 Å². The highest BCUT2D eigenvalue weighted by Crippen LogP contribution is 2.29. The van der Waals surface area contributed by atoms with Crippen LogP contribution in [0.1, 0.15) is 35.7 Å². The Balaban J connectivity index is 1.36. The molecule has 4 rings (SSSR count). The van der Waals surface area contributed by atoms with Gasteiger partial charge >= 0.3 is 0 Å². The van der Waals surface area contributed by atoms with Gasteiger partial charge in [-0.1, -0.05) is 47.6 Å². The third-order valence-corrected chi connectivity index (χ3v) is 5.95. The summed E-state index contributed by atoms with van der Waals surface area (Å²) in [6, 6.07) is 18.9. The Morgan fingerprint density at radius 3 is 2.60 bits per heavy atom. The first-order valence-corrected chi connectivity index (χ1v) is 11.0. The number of rotatable bonds is 8. The van der Waals surface area contributed by atoms with Crippen molar-refractivity contribution in [2.45, 2.75) is 25.0 Å². The number of hydrogen-bond acceptors (Lipinski definition) is 5. The standard InChI is InChI=1S/C24H22FN3OS/c1-17(20-7-8-21(22(25)15-20)19-5-3-2-4-6-19)24-27-23(28-29-24)11-14-30-16-18-9-12-26-13-10-18/h2-10,12-13,15,17H,11,14,16H2,1H3. The van der Waals surface area contributed by atoms with Gasteiger partial charge < -0.3 is 4.52 Å². The van der Waals surface area contributed by atoms with Crippen LogP contribution in [0.5, 0.6) is 0 Å². The summed E-state index contributed by atoms with van der Waals surface area (Å²) in [6.07, 6.45) is 4.34. The molecule has 0 fully saturated rings. The molecule has 0 N–H and O–H groups in total. The van der Waals surface area contributed by atoms with Crippen molar-refractivity contribution in [3.8, 4) is 11.1 Å². The lowest BCUT2D eigenvalue weighted by Gasteiger charge is -2.10. The molecule has 2 aromatic heterocycles. The highest BCUT2D eigenvalue weighted by atomic mass is 32.2. The van der Waals surface area contributed by atoms with Crippen molar-refractivity contribution in [2.75, 3.05) is 5.75 Å². The number of nitrogens with zero attached hydrogens (tertiary/aromatic N) is 3. The molecule has 30 heavy (non-hydrogen) atoms. The fraction of sp³-hybridized carbons (Fsp3) is 0.208. The van der Waals surface area contributed by atoms with Crippen molar-refractivity contribution >= 4 is 11.8 Å². The minimum atomic E-state index is -0.252. The van der Waals surface area contributed by atoms with Gasteiger partial charge in [0.05, 0.1) is 5.92 Å². The van der Waals surface area contributed by atoms with E-state index in [1.807, 2.05) is 73.3 Å². The van der Waals surface area contributed by atoms with Gasteiger partial charge in [-0.25, -0.2) is 4.39 Å². The van der Waals surface area contributed by atoms with Crippen LogP contribution in [0.4, 0.5) is 4.39 Å². The molecule has 0 aliphatic rings. The third kappa shape index (κ3) is 4.94. The summed E-state index contributed by atoms with van der Waals surface area (Å²) in [5.41, 5.74) is 3.51. The Bertz CT molecular complexity index is 1090. The van der Waals surface area contributed by atoms with E-state index >= 15 is 0 Å². The molecule has 2 aromatic carbocycles. The second-order valence-electron chi connectivity index (χ2n) is 7.03. The quantitative estimate of drug-likeness (QED) is 0.333. The summed E-state index contributed by atoms with van der Waals surface area (Å²) in [7, 11) is 0. The van der Waals surface area contributed by atoms with Crippen molar-refractivity contribution in [1.29, 1.82) is 0 Å². The zero-order valence-corrected chi connectivity index (χ0v) is 17.5. The van der Waals surface area contributed by atoms with Crippen LogP contribution in [0, 0.1) is 5.82 Å². The zero-order chi connectivity index (χ0) is 20.8. The minimum Gasteiger partial charge on any atom is -0.339 e. The Hall–Kier alpha value is -2.99. The van der Waals surface area contributed by atoms with E-state index < -0.39 is 0 Å². The molecule has 4 nitrogen and oxygen atoms in total. The predicted octanol–water partition coefficient (Wildman–Crippen LogP) is 5.90. The summed E-state index contributed by atoms with van der Waals surface area (Å²) in [6.45, 7) is 1.95. The van der Waals surface area contributed by atoms with Crippen molar-refractivity contribution < 1.29 is 8.91 Å². The molecule has 6 heteroatoms. The van der Waals surface area contributed by atoms with Gasteiger partial charge in [-0.15, -0.1) is 0 Å². The molecule has 152 valence electrons. The summed E-state index contributed by atoms with van der Waals surface area (Å²) in [5.74, 6) is 2.59. The first-order valence-electron chi connectivity index (χ1n) is 9.84. The van der Waals surface area contributed by atoms with Gasteiger partial charge in [-0.05, 0) is 41.8 Å². The number of benzene rings is 2. The molecular formula is C24H22FN3OS. The molecule has 0 saturated carbocycles. The van der Waals surface area contributed by atoms with Crippen molar-refractivity contribution in [1.82, 2.24) is 15.1 Å². The molecule has 1 unspecified atom stereocenters. The molecule has 2 heterocycles. The second kappa shape index (κ2) is 9.67. The normalized spacial score (nSPS) is 12.1. The van der Waals surface area contributed by atoms with E-state index in [1.165, 1.54) is 5.56 Å². The van der Waals surface area contributed by atoms with Crippen LogP contribution in [0.3, 0.4) is 0 Å². The van der Waals surface area contributed by atoms with Crippen LogP contribution in [0.25, 0.3) is 11.1 Å². The summed E-state index contributed by atoms with van der Waals surface area (Å²) >= 11 is 1.82. The largest absolute Gasteiger partial charge is 0.339 e. The molecule has 4 aromatic rings. The van der Waals surface area contributed by atoms with Gasteiger partial charge in [0.25, 0.3) is 0 Å². The monoisotopic (exact) mass is 419 g/mol. The number of aryl methyl sites for hydroxylation is 1. The smallest absolute Gasteiger partial charge is 0.233 e. The Morgan fingerprint density at radius 2 is 1.83 bits per heavy atom. The van der Waals surface area contributed by atoms with Crippen LogP contribution < -0.4 is 0 Å². The molecule has 0 saturated heterocycles. The number of hydrogen-bond donors (Lipinski definition) is 0. The molecule has 0 amide bonds. The first kappa shape index (κ1) is 20.3. The molecule has 0 radical (unpaired) electrons. The number of halogens is 1. The highest BCUT2D eigenvalue weighted by molar-refractivity contribution is 7.98. The van der Waals surface area contributed by atoms with Gasteiger partial charge in [0, 0.05) is 35.9 Å². The van der Waals surface area contributed by atoms with Crippen LogP contribution in [-0.4, -0.2) is 20.9 Å². The van der Waals surface area contributed by atoms with Crippen LogP contribution >= 0.6 is 11.8 Å². The maximum Gasteiger partial charge on any atom is 0.233 e. The number of aromatic nitrogens is 3. The van der Waals surface area contributed by atoms with E-state index in [4.69, 9.17) is 4.52 Å². The van der Waals surface area contributed by atoms with Gasteiger partial charge in [-0.2, -0.15) is 16.7 Å². The Labute approximate surface area is 179 Å². The number of thioether (sulfide) groups is 1. The average molecular weight is 420 g/mol. The van der Waals surface area contributed by atoms with Crippen LogP contribution in [0.15, 0.2) is 77.6 Å².